The highest BCUT2D eigenvalue weighted by Crippen LogP contribution is 2.38. The zero-order valence-corrected chi connectivity index (χ0v) is 19.5. The third kappa shape index (κ3) is 3.07. The van der Waals surface area contributed by atoms with Gasteiger partial charge in [0.25, 0.3) is 0 Å². The van der Waals surface area contributed by atoms with E-state index in [2.05, 4.69) is 47.0 Å². The van der Waals surface area contributed by atoms with Crippen LogP contribution in [0.15, 0.2) is 101 Å². The molecule has 0 fully saturated rings. The van der Waals surface area contributed by atoms with Crippen molar-refractivity contribution in [2.24, 2.45) is 0 Å². The van der Waals surface area contributed by atoms with Crippen molar-refractivity contribution < 1.29 is 5.79 Å². The number of imidazole rings is 1. The highest BCUT2D eigenvalue weighted by atomic mass is 16.3. The minimum Gasteiger partial charge on any atom is -0.455 e. The molecular weight excluding hydrogens is 430 g/mol. The van der Waals surface area contributed by atoms with Crippen LogP contribution < -0.4 is 0 Å². The standard InChI is InChI=1S/C31H23N3O/c1-19(2)20-15-16-23-24-12-8-13-25(29(24)35-28(23)18-20)30-33-27-17-21-9-6-7-14-26(21)32-31(27)34(30)22-10-4-3-5-11-22/h3-19H,1-2H3/i19D. The second-order valence-corrected chi connectivity index (χ2v) is 9.13. The van der Waals surface area contributed by atoms with E-state index < -0.39 is 5.89 Å². The molecule has 4 aromatic carbocycles. The van der Waals surface area contributed by atoms with Crippen molar-refractivity contribution in [2.75, 3.05) is 0 Å². The van der Waals surface area contributed by atoms with Gasteiger partial charge in [-0.1, -0.05) is 74.5 Å². The number of para-hydroxylation sites is 3. The zero-order chi connectivity index (χ0) is 24.4. The third-order valence-corrected chi connectivity index (χ3v) is 6.67. The molecule has 0 aliphatic heterocycles. The van der Waals surface area contributed by atoms with Crippen LogP contribution in [0.4, 0.5) is 0 Å². The molecule has 0 spiro atoms. The van der Waals surface area contributed by atoms with Crippen molar-refractivity contribution in [2.45, 2.75) is 19.7 Å². The van der Waals surface area contributed by atoms with Crippen molar-refractivity contribution in [3.8, 4) is 17.1 Å². The quantitative estimate of drug-likeness (QED) is 0.270. The van der Waals surface area contributed by atoms with Gasteiger partial charge in [-0.3, -0.25) is 4.57 Å². The molecule has 0 amide bonds. The van der Waals surface area contributed by atoms with Crippen molar-refractivity contribution in [1.29, 1.82) is 0 Å². The molecule has 168 valence electrons. The predicted octanol–water partition coefficient (Wildman–Crippen LogP) is 8.26. The Bertz CT molecular complexity index is 1930. The van der Waals surface area contributed by atoms with E-state index in [1.165, 1.54) is 0 Å². The van der Waals surface area contributed by atoms with E-state index in [9.17, 15) is 0 Å². The van der Waals surface area contributed by atoms with E-state index in [1.54, 1.807) is 0 Å². The van der Waals surface area contributed by atoms with E-state index in [4.69, 9.17) is 15.8 Å². The summed E-state index contributed by atoms with van der Waals surface area (Å²) in [5.74, 6) is 0.0787. The monoisotopic (exact) mass is 454 g/mol. The smallest absolute Gasteiger partial charge is 0.165 e. The first-order chi connectivity index (χ1) is 17.5. The highest BCUT2D eigenvalue weighted by molar-refractivity contribution is 6.09. The molecule has 7 aromatic rings. The average Bonchev–Trinajstić information content (AvgIpc) is 3.45. The maximum Gasteiger partial charge on any atom is 0.165 e. The number of fused-ring (bicyclic) bond motifs is 5. The van der Waals surface area contributed by atoms with Gasteiger partial charge < -0.3 is 4.42 Å². The Morgan fingerprint density at radius 2 is 1.60 bits per heavy atom. The van der Waals surface area contributed by atoms with E-state index in [0.29, 0.717) is 0 Å². The lowest BCUT2D eigenvalue weighted by Crippen LogP contribution is -1.99. The minimum absolute atomic E-state index is 0.703. The number of hydrogen-bond acceptors (Lipinski definition) is 3. The third-order valence-electron chi connectivity index (χ3n) is 6.67. The molecule has 0 radical (unpaired) electrons. The van der Waals surface area contributed by atoms with Crippen LogP contribution in [0.3, 0.4) is 0 Å². The number of hydrogen-bond donors (Lipinski definition) is 0. The van der Waals surface area contributed by atoms with Crippen LogP contribution in [-0.2, 0) is 0 Å². The Hall–Kier alpha value is -4.44. The Morgan fingerprint density at radius 1 is 0.771 bits per heavy atom. The predicted molar refractivity (Wildman–Crippen MR) is 143 cm³/mol. The van der Waals surface area contributed by atoms with E-state index >= 15 is 0 Å². The summed E-state index contributed by atoms with van der Waals surface area (Å²) >= 11 is 0. The molecule has 0 bridgehead atoms. The van der Waals surface area contributed by atoms with Gasteiger partial charge in [0, 0.05) is 23.2 Å². The van der Waals surface area contributed by atoms with Crippen LogP contribution in [0, 0.1) is 0 Å². The number of pyridine rings is 1. The number of nitrogens with zero attached hydrogens (tertiary/aromatic N) is 3. The summed E-state index contributed by atoms with van der Waals surface area (Å²) < 4.78 is 17.0. The topological polar surface area (TPSA) is 43.9 Å². The number of aromatic nitrogens is 3. The van der Waals surface area contributed by atoms with Crippen molar-refractivity contribution in [3.05, 3.63) is 103 Å². The second-order valence-electron chi connectivity index (χ2n) is 9.13. The van der Waals surface area contributed by atoms with Crippen LogP contribution >= 0.6 is 0 Å². The van der Waals surface area contributed by atoms with Gasteiger partial charge in [-0.25, -0.2) is 9.97 Å². The first kappa shape index (κ1) is 18.9. The summed E-state index contributed by atoms with van der Waals surface area (Å²) in [4.78, 5) is 10.1. The van der Waals surface area contributed by atoms with Gasteiger partial charge in [-0.2, -0.15) is 0 Å². The molecule has 3 aromatic heterocycles. The summed E-state index contributed by atoms with van der Waals surface area (Å²) in [7, 11) is 0. The van der Waals surface area contributed by atoms with Gasteiger partial charge in [0.1, 0.15) is 16.7 Å². The molecule has 35 heavy (non-hydrogen) atoms. The first-order valence-electron chi connectivity index (χ1n) is 12.3. The van der Waals surface area contributed by atoms with E-state index in [1.807, 2.05) is 68.4 Å². The van der Waals surface area contributed by atoms with Gasteiger partial charge in [0.05, 0.1) is 11.1 Å². The first-order valence-corrected chi connectivity index (χ1v) is 11.8. The lowest BCUT2D eigenvalue weighted by atomic mass is 10.0. The largest absolute Gasteiger partial charge is 0.455 e. The van der Waals surface area contributed by atoms with Crippen LogP contribution in [-0.4, -0.2) is 14.5 Å². The number of benzene rings is 4. The second kappa shape index (κ2) is 7.54. The minimum atomic E-state index is -0.703. The number of rotatable bonds is 3. The zero-order valence-electron chi connectivity index (χ0n) is 20.5. The summed E-state index contributed by atoms with van der Waals surface area (Å²) in [6, 6.07) is 32.7. The molecule has 3 heterocycles. The fourth-order valence-electron chi connectivity index (χ4n) is 4.89. The Balaban J connectivity index is 1.56. The molecule has 7 rings (SSSR count). The molecule has 0 unspecified atom stereocenters. The van der Waals surface area contributed by atoms with Crippen molar-refractivity contribution in [3.63, 3.8) is 0 Å². The fraction of sp³-hybridized carbons (Fsp3) is 0.0968. The molecule has 0 aliphatic rings. The summed E-state index contributed by atoms with van der Waals surface area (Å²) in [5, 5.41) is 3.12. The summed E-state index contributed by atoms with van der Waals surface area (Å²) in [6.07, 6.45) is 0. The Kier molecular flexibility index (Phi) is 4.08. The van der Waals surface area contributed by atoms with Gasteiger partial charge in [0.2, 0.25) is 0 Å². The van der Waals surface area contributed by atoms with Gasteiger partial charge in [-0.15, -0.1) is 0 Å². The van der Waals surface area contributed by atoms with E-state index in [0.717, 1.165) is 66.6 Å². The van der Waals surface area contributed by atoms with Gasteiger partial charge >= 0.3 is 0 Å². The lowest BCUT2D eigenvalue weighted by molar-refractivity contribution is 0.667. The highest BCUT2D eigenvalue weighted by Gasteiger charge is 2.21. The summed E-state index contributed by atoms with van der Waals surface area (Å²) in [6.45, 7) is 3.78. The number of furan rings is 1. The Morgan fingerprint density at radius 3 is 2.46 bits per heavy atom. The molecule has 0 atom stereocenters. The van der Waals surface area contributed by atoms with Crippen molar-refractivity contribution in [1.82, 2.24) is 14.5 Å². The van der Waals surface area contributed by atoms with Crippen LogP contribution in [0.1, 0.15) is 26.7 Å². The molecule has 4 heteroatoms. The lowest BCUT2D eigenvalue weighted by Gasteiger charge is -2.09. The average molecular weight is 455 g/mol. The van der Waals surface area contributed by atoms with Crippen LogP contribution in [0.2, 0.25) is 0 Å². The molecule has 0 saturated carbocycles. The molecule has 0 aliphatic carbocycles. The summed E-state index contributed by atoms with van der Waals surface area (Å²) in [5.41, 5.74) is 6.95. The molecular formula is C31H23N3O. The van der Waals surface area contributed by atoms with Gasteiger partial charge in [0.15, 0.2) is 11.5 Å². The molecule has 0 saturated heterocycles. The maximum absolute atomic E-state index is 8.44. The Labute approximate surface area is 203 Å². The van der Waals surface area contributed by atoms with E-state index in [-0.39, 0.29) is 0 Å². The van der Waals surface area contributed by atoms with Crippen molar-refractivity contribution >= 4 is 44.0 Å². The molecule has 0 N–H and O–H groups in total. The maximum atomic E-state index is 8.44. The SMILES string of the molecule is [2H]C(C)(C)c1ccc2c(c1)oc1c(-c3nc4cc5ccccc5nc4n3-c3ccccc3)cccc12. The van der Waals surface area contributed by atoms with Gasteiger partial charge in [-0.05, 0) is 47.9 Å². The van der Waals surface area contributed by atoms with Crippen LogP contribution in [0.25, 0.3) is 61.1 Å². The normalized spacial score (nSPS) is 12.7. The van der Waals surface area contributed by atoms with Crippen LogP contribution in [0.5, 0.6) is 0 Å². The fourth-order valence-corrected chi connectivity index (χ4v) is 4.89. The molecule has 4 nitrogen and oxygen atoms in total.